The van der Waals surface area contributed by atoms with Crippen LogP contribution < -0.4 is 8.68 Å². The fraction of sp³-hybridized carbons (Fsp3) is 0.111. The van der Waals surface area contributed by atoms with Crippen molar-refractivity contribution in [2.75, 3.05) is 0 Å². The first-order valence-electron chi connectivity index (χ1n) is 4.27. The predicted molar refractivity (Wildman–Crippen MR) is 42.2 cm³/mol. The van der Waals surface area contributed by atoms with Crippen molar-refractivity contribution in [1.82, 2.24) is 4.57 Å². The summed E-state index contributed by atoms with van der Waals surface area (Å²) in [6.45, 7) is 0. The van der Waals surface area contributed by atoms with Crippen molar-refractivity contribution < 1.29 is 49.5 Å². The quantitative estimate of drug-likeness (QED) is 0.663. The maximum atomic E-state index is 2.48. The van der Waals surface area contributed by atoms with Gasteiger partial charge >= 0.3 is 105 Å². The molecule has 0 saturated heterocycles. The van der Waals surface area contributed by atoms with Crippen LogP contribution in [0.25, 0.3) is 10.9 Å². The Bertz CT molecular complexity index is 567. The second-order valence-electron chi connectivity index (χ2n) is 3.13. The average molecular weight is 333 g/mol. The first-order valence-corrected chi connectivity index (χ1v) is 15.3. The summed E-state index contributed by atoms with van der Waals surface area (Å²) in [5, 5.41) is 1.58. The zero-order valence-corrected chi connectivity index (χ0v) is 13.1. The Balaban J connectivity index is 2.54. The zero-order valence-electron chi connectivity index (χ0n) is 7.55. The van der Waals surface area contributed by atoms with Gasteiger partial charge in [0.2, 0.25) is 0 Å². The Morgan fingerprint density at radius 3 is 2.79 bits per heavy atom. The van der Waals surface area contributed by atoms with Crippen LogP contribution in [-0.4, -0.2) is 4.57 Å². The molecule has 0 radical (unpaired) electrons. The van der Waals surface area contributed by atoms with E-state index in [1.165, 1.54) is 5.52 Å². The first-order chi connectivity index (χ1) is 6.88. The van der Waals surface area contributed by atoms with E-state index in [1.807, 2.05) is 0 Å². The van der Waals surface area contributed by atoms with E-state index in [0.29, 0.717) is 27.0 Å². The van der Waals surface area contributed by atoms with Gasteiger partial charge in [-0.15, -0.1) is 0 Å². The van der Waals surface area contributed by atoms with E-state index in [1.54, 1.807) is 14.1 Å². The Morgan fingerprint density at radius 1 is 1.07 bits per heavy atom. The van der Waals surface area contributed by atoms with Crippen LogP contribution in [0.15, 0.2) is 24.3 Å². The summed E-state index contributed by atoms with van der Waals surface area (Å²) in [6.07, 6.45) is 0. The van der Waals surface area contributed by atoms with Crippen molar-refractivity contribution in [1.29, 1.82) is 0 Å². The molecule has 0 amide bonds. The fourth-order valence-electron chi connectivity index (χ4n) is 1.70. The summed E-state index contributed by atoms with van der Waals surface area (Å²) in [7, 11) is 2.26. The van der Waals surface area contributed by atoms with Crippen molar-refractivity contribution in [2.45, 2.75) is 0 Å². The van der Waals surface area contributed by atoms with Crippen LogP contribution in [0.5, 0.6) is 0 Å². The summed E-state index contributed by atoms with van der Waals surface area (Å²) >= 11 is 2.82. The van der Waals surface area contributed by atoms with E-state index >= 15 is 0 Å². The van der Waals surface area contributed by atoms with Crippen LogP contribution in [0.1, 0.15) is 0 Å². The summed E-state index contributed by atoms with van der Waals surface area (Å²) in [5.74, 6) is 0. The molecule has 1 aliphatic heterocycles. The number of hydrogen-bond donors (Lipinski definition) is 0. The molecule has 5 heteroatoms. The predicted octanol–water partition coefficient (Wildman–Crippen LogP) is 0.517. The van der Waals surface area contributed by atoms with Crippen LogP contribution in [0, 0.1) is 0 Å². The normalized spacial score (nSPS) is 13.5. The van der Waals surface area contributed by atoms with Crippen molar-refractivity contribution in [3.63, 3.8) is 0 Å². The molecule has 1 aromatic carbocycles. The molecule has 68 valence electrons. The van der Waals surface area contributed by atoms with Gasteiger partial charge in [-0.1, -0.05) is 0 Å². The number of nitrogens with zero attached hydrogens (tertiary/aromatic N) is 1. The molecule has 0 bridgehead atoms. The second-order valence-corrected chi connectivity index (χ2v) is 20.0. The molecule has 1 aliphatic rings. The van der Waals surface area contributed by atoms with Gasteiger partial charge in [-0.25, -0.2) is 0 Å². The van der Waals surface area contributed by atoms with Crippen LogP contribution in [-0.2, 0) is 56.6 Å². The topological polar surface area (TPSA) is 4.93 Å². The summed E-state index contributed by atoms with van der Waals surface area (Å²) < 4.78 is 6.06. The molecule has 0 saturated carbocycles. The van der Waals surface area contributed by atoms with Crippen molar-refractivity contribution in [2.24, 2.45) is 7.05 Å². The molecule has 1 aromatic heterocycles. The first kappa shape index (κ1) is 10.3. The molecule has 3 rings (SSSR count). The Labute approximate surface area is 104 Å². The number of aryl methyl sites for hydroxylation is 1. The molecule has 2 aromatic rings. The van der Waals surface area contributed by atoms with E-state index in [9.17, 15) is 0 Å². The SMILES string of the molecule is Cn1[c]2[c](c3ccccc31)[V]=[V][V]=[V]2. The summed E-state index contributed by atoms with van der Waals surface area (Å²) in [6, 6.07) is 8.97. The molecule has 1 nitrogen and oxygen atoms in total. The van der Waals surface area contributed by atoms with Crippen LogP contribution in [0.3, 0.4) is 0 Å². The zero-order chi connectivity index (χ0) is 9.54. The van der Waals surface area contributed by atoms with Crippen LogP contribution >= 0.6 is 0 Å². The molecular formula is C9H7NV4. The van der Waals surface area contributed by atoms with Crippen molar-refractivity contribution in [3.05, 3.63) is 24.3 Å². The molecular weight excluding hydrogens is 326 g/mol. The Morgan fingerprint density at radius 2 is 1.86 bits per heavy atom. The number of rotatable bonds is 0. The van der Waals surface area contributed by atoms with E-state index in [4.69, 9.17) is 0 Å². The van der Waals surface area contributed by atoms with E-state index in [2.05, 4.69) is 35.9 Å². The van der Waals surface area contributed by atoms with Crippen LogP contribution in [0.4, 0.5) is 0 Å². The molecule has 0 fully saturated rings. The monoisotopic (exact) mass is 333 g/mol. The number of benzene rings is 1. The second kappa shape index (κ2) is 4.16. The van der Waals surface area contributed by atoms with E-state index in [-0.39, 0.29) is 0 Å². The molecule has 2 heterocycles. The van der Waals surface area contributed by atoms with Gasteiger partial charge in [0, 0.05) is 0 Å². The standard InChI is InChI=1S/C9H7N.4V/c1-10-7-6-8-4-2-3-5-9(8)10;;;;/h2-5H,1H3;;;;. The van der Waals surface area contributed by atoms with Gasteiger partial charge in [-0.3, -0.25) is 0 Å². The average Bonchev–Trinajstić information content (AvgIpc) is 2.55. The van der Waals surface area contributed by atoms with Crippen molar-refractivity contribution >= 4 is 19.6 Å². The van der Waals surface area contributed by atoms with E-state index in [0.717, 1.165) is 22.5 Å². The molecule has 0 unspecified atom stereocenters. The molecule has 14 heavy (non-hydrogen) atoms. The van der Waals surface area contributed by atoms with Gasteiger partial charge in [-0.2, -0.15) is 0 Å². The van der Waals surface area contributed by atoms with Gasteiger partial charge in [0.15, 0.2) is 0 Å². The number of hydrogen-bond acceptors (Lipinski definition) is 0. The van der Waals surface area contributed by atoms with E-state index < -0.39 is 0 Å². The minimum atomic E-state index is 0.591. The fourth-order valence-corrected chi connectivity index (χ4v) is 25.9. The number of aromatic nitrogens is 1. The molecule has 0 spiro atoms. The molecule has 0 aliphatic carbocycles. The number of para-hydroxylation sites is 1. The third kappa shape index (κ3) is 1.56. The van der Waals surface area contributed by atoms with Gasteiger partial charge in [0.1, 0.15) is 0 Å². The molecule has 0 atom stereocenters. The third-order valence-electron chi connectivity index (χ3n) is 2.37. The van der Waals surface area contributed by atoms with Gasteiger partial charge in [0.25, 0.3) is 0 Å². The third-order valence-corrected chi connectivity index (χ3v) is 25.2. The van der Waals surface area contributed by atoms with Gasteiger partial charge in [0.05, 0.1) is 0 Å². The number of fused-ring (bicyclic) bond motifs is 3. The van der Waals surface area contributed by atoms with Crippen molar-refractivity contribution in [3.8, 4) is 0 Å². The minimum absolute atomic E-state index is 0.591. The van der Waals surface area contributed by atoms with Crippen LogP contribution in [0.2, 0.25) is 0 Å². The van der Waals surface area contributed by atoms with Gasteiger partial charge in [-0.05, 0) is 0 Å². The molecule has 0 N–H and O–H groups in total. The summed E-state index contributed by atoms with van der Waals surface area (Å²) in [4.78, 5) is 0. The van der Waals surface area contributed by atoms with Gasteiger partial charge < -0.3 is 0 Å². The maximum absolute atomic E-state index is 2.48. The summed E-state index contributed by atoms with van der Waals surface area (Å²) in [5.41, 5.74) is 1.48. The Hall–Kier alpha value is 1.10. The Kier molecular flexibility index (Phi) is 3.05.